The van der Waals surface area contributed by atoms with Crippen LogP contribution in [0, 0.1) is 0 Å². The van der Waals surface area contributed by atoms with Gasteiger partial charge in [0.15, 0.2) is 18.1 Å². The molecule has 1 aliphatic rings. The van der Waals surface area contributed by atoms with Gasteiger partial charge in [-0.05, 0) is 48.7 Å². The highest BCUT2D eigenvalue weighted by Gasteiger charge is 2.24. The molecule has 1 atom stereocenters. The van der Waals surface area contributed by atoms with Gasteiger partial charge in [0.2, 0.25) is 0 Å². The van der Waals surface area contributed by atoms with Gasteiger partial charge in [-0.15, -0.1) is 0 Å². The van der Waals surface area contributed by atoms with Gasteiger partial charge in [-0.2, -0.15) is 0 Å². The van der Waals surface area contributed by atoms with E-state index in [4.69, 9.17) is 26.8 Å². The number of likely N-dealkylation sites (tertiary alicyclic amines) is 1. The molecule has 0 radical (unpaired) electrons. The quantitative estimate of drug-likeness (QED) is 0.748. The topological polar surface area (TPSA) is 64.8 Å². The first-order valence-corrected chi connectivity index (χ1v) is 10.0. The van der Waals surface area contributed by atoms with Crippen molar-refractivity contribution in [3.8, 4) is 11.5 Å². The molecule has 2 aromatic rings. The predicted molar refractivity (Wildman–Crippen MR) is 111 cm³/mol. The first-order chi connectivity index (χ1) is 13.6. The van der Waals surface area contributed by atoms with Crippen LogP contribution in [0.4, 0.5) is 0 Å². The monoisotopic (exact) mass is 402 g/mol. The third-order valence-corrected chi connectivity index (χ3v) is 5.46. The average molecular weight is 403 g/mol. The van der Waals surface area contributed by atoms with Gasteiger partial charge in [-0.1, -0.05) is 48.7 Å². The minimum atomic E-state index is -0.515. The highest BCUT2D eigenvalue weighted by Crippen LogP contribution is 2.36. The van der Waals surface area contributed by atoms with E-state index in [1.165, 1.54) is 24.8 Å². The molecule has 1 saturated heterocycles. The van der Waals surface area contributed by atoms with Crippen molar-refractivity contribution in [3.63, 3.8) is 0 Å². The molecule has 0 bridgehead atoms. The molecule has 1 fully saturated rings. The third-order valence-electron chi connectivity index (χ3n) is 5.11. The van der Waals surface area contributed by atoms with E-state index in [9.17, 15) is 4.79 Å². The predicted octanol–water partition coefficient (Wildman–Crippen LogP) is 4.33. The van der Waals surface area contributed by atoms with Crippen LogP contribution in [-0.4, -0.2) is 31.1 Å². The smallest absolute Gasteiger partial charge is 0.255 e. The maximum atomic E-state index is 11.0. The van der Waals surface area contributed by atoms with Gasteiger partial charge < -0.3 is 15.2 Å². The maximum absolute atomic E-state index is 11.0. The first kappa shape index (κ1) is 20.5. The Morgan fingerprint density at radius 2 is 2.00 bits per heavy atom. The standard InChI is InChI=1S/C22H27ClN2O3/c1-27-21-13-16(10-11-20(21)28-15-22(24)26)14-25-12-6-2-3-9-19(25)17-7-4-5-8-18(17)23/h4-5,7-8,10-11,13,19H,2-3,6,9,12,14-15H2,1H3,(H2,24,26). The zero-order chi connectivity index (χ0) is 19.9. The van der Waals surface area contributed by atoms with Crippen LogP contribution in [-0.2, 0) is 11.3 Å². The Hall–Kier alpha value is -2.24. The van der Waals surface area contributed by atoms with E-state index in [0.717, 1.165) is 30.1 Å². The second-order valence-corrected chi connectivity index (χ2v) is 7.50. The van der Waals surface area contributed by atoms with Crippen LogP contribution < -0.4 is 15.2 Å². The highest BCUT2D eigenvalue weighted by molar-refractivity contribution is 6.31. The van der Waals surface area contributed by atoms with Crippen LogP contribution in [0.15, 0.2) is 42.5 Å². The summed E-state index contributed by atoms with van der Waals surface area (Å²) in [7, 11) is 1.59. The molecule has 0 aromatic heterocycles. The summed E-state index contributed by atoms with van der Waals surface area (Å²) in [5.41, 5.74) is 7.48. The minimum absolute atomic E-state index is 0.170. The first-order valence-electron chi connectivity index (χ1n) is 9.65. The van der Waals surface area contributed by atoms with E-state index in [2.05, 4.69) is 17.0 Å². The van der Waals surface area contributed by atoms with E-state index >= 15 is 0 Å². The number of nitrogens with zero attached hydrogens (tertiary/aromatic N) is 1. The highest BCUT2D eigenvalue weighted by atomic mass is 35.5. The number of ether oxygens (including phenoxy) is 2. The van der Waals surface area contributed by atoms with E-state index < -0.39 is 5.91 Å². The maximum Gasteiger partial charge on any atom is 0.255 e. The fourth-order valence-electron chi connectivity index (χ4n) is 3.77. The Balaban J connectivity index is 1.81. The molecule has 2 N–H and O–H groups in total. The van der Waals surface area contributed by atoms with Crippen molar-refractivity contribution in [3.05, 3.63) is 58.6 Å². The molecule has 6 heteroatoms. The fourth-order valence-corrected chi connectivity index (χ4v) is 4.03. The number of carbonyl (C=O) groups is 1. The van der Waals surface area contributed by atoms with Crippen LogP contribution in [0.25, 0.3) is 0 Å². The van der Waals surface area contributed by atoms with Crippen LogP contribution in [0.3, 0.4) is 0 Å². The molecule has 1 aliphatic heterocycles. The van der Waals surface area contributed by atoms with Crippen LogP contribution in [0.2, 0.25) is 5.02 Å². The lowest BCUT2D eigenvalue weighted by Gasteiger charge is -2.31. The molecule has 1 unspecified atom stereocenters. The Morgan fingerprint density at radius 3 is 2.75 bits per heavy atom. The van der Waals surface area contributed by atoms with Crippen molar-refractivity contribution in [2.45, 2.75) is 38.3 Å². The molecular formula is C22H27ClN2O3. The SMILES string of the molecule is COc1cc(CN2CCCCCC2c2ccccc2Cl)ccc1OCC(N)=O. The fraction of sp³-hybridized carbons (Fsp3) is 0.409. The number of halogens is 1. The number of hydrogen-bond donors (Lipinski definition) is 1. The summed E-state index contributed by atoms with van der Waals surface area (Å²) in [6.07, 6.45) is 4.72. The van der Waals surface area contributed by atoms with E-state index in [1.807, 2.05) is 30.3 Å². The van der Waals surface area contributed by atoms with Gasteiger partial charge >= 0.3 is 0 Å². The van der Waals surface area contributed by atoms with E-state index in [-0.39, 0.29) is 6.61 Å². The molecule has 1 heterocycles. The normalized spacial score (nSPS) is 17.7. The van der Waals surface area contributed by atoms with Gasteiger partial charge in [0.05, 0.1) is 7.11 Å². The molecule has 3 rings (SSSR count). The summed E-state index contributed by atoms with van der Waals surface area (Å²) in [5, 5.41) is 0.826. The Kier molecular flexibility index (Phi) is 7.18. The van der Waals surface area contributed by atoms with Crippen molar-refractivity contribution >= 4 is 17.5 Å². The summed E-state index contributed by atoms with van der Waals surface area (Å²) >= 11 is 6.51. The second-order valence-electron chi connectivity index (χ2n) is 7.10. The van der Waals surface area contributed by atoms with Crippen molar-refractivity contribution in [2.75, 3.05) is 20.3 Å². The van der Waals surface area contributed by atoms with Gasteiger partial charge in [0.25, 0.3) is 5.91 Å². The number of benzene rings is 2. The van der Waals surface area contributed by atoms with Crippen molar-refractivity contribution < 1.29 is 14.3 Å². The summed E-state index contributed by atoms with van der Waals surface area (Å²) < 4.78 is 10.9. The second kappa shape index (κ2) is 9.80. The Labute approximate surface area is 171 Å². The van der Waals surface area contributed by atoms with Crippen LogP contribution in [0.1, 0.15) is 42.9 Å². The summed E-state index contributed by atoms with van der Waals surface area (Å²) in [4.78, 5) is 13.5. The van der Waals surface area contributed by atoms with Gasteiger partial charge in [-0.3, -0.25) is 9.69 Å². The number of hydrogen-bond acceptors (Lipinski definition) is 4. The van der Waals surface area contributed by atoms with E-state index in [0.29, 0.717) is 17.5 Å². The zero-order valence-corrected chi connectivity index (χ0v) is 17.0. The van der Waals surface area contributed by atoms with Crippen molar-refractivity contribution in [2.24, 2.45) is 5.73 Å². The number of rotatable bonds is 7. The minimum Gasteiger partial charge on any atom is -0.493 e. The van der Waals surface area contributed by atoms with E-state index in [1.54, 1.807) is 7.11 Å². The molecular weight excluding hydrogens is 376 g/mol. The molecule has 0 spiro atoms. The molecule has 0 saturated carbocycles. The molecule has 28 heavy (non-hydrogen) atoms. The lowest BCUT2D eigenvalue weighted by Crippen LogP contribution is -2.28. The number of carbonyl (C=O) groups excluding carboxylic acids is 1. The van der Waals surface area contributed by atoms with Gasteiger partial charge in [0, 0.05) is 17.6 Å². The summed E-state index contributed by atoms with van der Waals surface area (Å²) in [5.74, 6) is 0.602. The molecule has 2 aromatic carbocycles. The van der Waals surface area contributed by atoms with Gasteiger partial charge in [0.1, 0.15) is 0 Å². The van der Waals surface area contributed by atoms with Crippen molar-refractivity contribution in [1.82, 2.24) is 4.90 Å². The third kappa shape index (κ3) is 5.18. The largest absolute Gasteiger partial charge is 0.493 e. The molecule has 1 amide bonds. The summed E-state index contributed by atoms with van der Waals surface area (Å²) in [6, 6.07) is 14.2. The number of amides is 1. The molecule has 0 aliphatic carbocycles. The number of primary amides is 1. The zero-order valence-electron chi connectivity index (χ0n) is 16.2. The lowest BCUT2D eigenvalue weighted by molar-refractivity contribution is -0.119. The number of nitrogens with two attached hydrogens (primary N) is 1. The van der Waals surface area contributed by atoms with Gasteiger partial charge in [-0.25, -0.2) is 0 Å². The molecule has 5 nitrogen and oxygen atoms in total. The Bertz CT molecular complexity index is 812. The molecule has 150 valence electrons. The summed E-state index contributed by atoms with van der Waals surface area (Å²) in [6.45, 7) is 1.65. The van der Waals surface area contributed by atoms with Crippen molar-refractivity contribution in [1.29, 1.82) is 0 Å². The average Bonchev–Trinajstić information content (AvgIpc) is 2.92. The Morgan fingerprint density at radius 1 is 1.18 bits per heavy atom. The van der Waals surface area contributed by atoms with Crippen LogP contribution in [0.5, 0.6) is 11.5 Å². The lowest BCUT2D eigenvalue weighted by atomic mass is 10.00. The number of methoxy groups -OCH3 is 1. The van der Waals surface area contributed by atoms with Crippen LogP contribution >= 0.6 is 11.6 Å².